The van der Waals surface area contributed by atoms with Gasteiger partial charge in [-0.1, -0.05) is 0 Å². The van der Waals surface area contributed by atoms with Crippen LogP contribution >= 0.6 is 0 Å². The Morgan fingerprint density at radius 3 is 2.67 bits per heavy atom. The first-order valence-corrected chi connectivity index (χ1v) is 12.1. The van der Waals surface area contributed by atoms with Crippen molar-refractivity contribution in [2.45, 2.75) is 50.7 Å². The molecule has 1 atom stereocenters. The molecule has 3 fully saturated rings. The van der Waals surface area contributed by atoms with Crippen molar-refractivity contribution in [3.8, 4) is 5.75 Å². The smallest absolute Gasteiger partial charge is 0.416 e. The van der Waals surface area contributed by atoms with Gasteiger partial charge in [-0.2, -0.15) is 0 Å². The van der Waals surface area contributed by atoms with E-state index >= 15 is 0 Å². The van der Waals surface area contributed by atoms with Crippen molar-refractivity contribution in [1.82, 2.24) is 14.9 Å². The third-order valence-corrected chi connectivity index (χ3v) is 7.22. The van der Waals surface area contributed by atoms with E-state index in [9.17, 15) is 4.79 Å². The molecule has 0 bridgehead atoms. The number of anilines is 2. The van der Waals surface area contributed by atoms with Gasteiger partial charge in [-0.25, -0.2) is 9.78 Å². The molecule has 8 nitrogen and oxygen atoms in total. The van der Waals surface area contributed by atoms with E-state index in [1.807, 2.05) is 0 Å². The molecule has 1 amide bonds. The van der Waals surface area contributed by atoms with E-state index in [0.717, 1.165) is 57.3 Å². The lowest BCUT2D eigenvalue weighted by Gasteiger charge is -2.38. The summed E-state index contributed by atoms with van der Waals surface area (Å²) in [5, 5.41) is 0. The van der Waals surface area contributed by atoms with Crippen LogP contribution in [-0.2, 0) is 4.74 Å². The molecule has 1 aromatic heterocycles. The molecular formula is C25H33N5O3. The van der Waals surface area contributed by atoms with Crippen LogP contribution in [0.5, 0.6) is 5.75 Å². The van der Waals surface area contributed by atoms with Gasteiger partial charge in [0.25, 0.3) is 0 Å². The van der Waals surface area contributed by atoms with Crippen molar-refractivity contribution in [3.63, 3.8) is 0 Å². The first kappa shape index (κ1) is 21.9. The highest BCUT2D eigenvalue weighted by Gasteiger charge is 2.48. The number of amides is 1. The standard InChI is InChI=1S/C25H33N5O3/c1-20-4-2-13-28(20)14-3-17-32-22-7-5-21(6-8-22)29-15-9-25(10-16-29)19-30(24(31)33-25)23-18-26-11-12-27-23/h5-8,11-12,18,20H,2-4,9-10,13-17,19H2,1H3/t20-/m1/s1. The zero-order chi connectivity index (χ0) is 22.7. The molecule has 3 aliphatic heterocycles. The number of likely N-dealkylation sites (tertiary alicyclic amines) is 1. The van der Waals surface area contributed by atoms with Gasteiger partial charge in [0.05, 0.1) is 19.3 Å². The Balaban J connectivity index is 1.09. The first-order valence-electron chi connectivity index (χ1n) is 12.1. The van der Waals surface area contributed by atoms with E-state index < -0.39 is 5.60 Å². The maximum Gasteiger partial charge on any atom is 0.416 e. The van der Waals surface area contributed by atoms with Gasteiger partial charge in [0, 0.05) is 56.6 Å². The molecule has 8 heteroatoms. The Labute approximate surface area is 195 Å². The molecule has 176 valence electrons. The van der Waals surface area contributed by atoms with Crippen LogP contribution < -0.4 is 14.5 Å². The molecule has 0 unspecified atom stereocenters. The molecular weight excluding hydrogens is 418 g/mol. The van der Waals surface area contributed by atoms with Gasteiger partial charge in [-0.15, -0.1) is 0 Å². The molecule has 0 radical (unpaired) electrons. The average molecular weight is 452 g/mol. The lowest BCUT2D eigenvalue weighted by Crippen LogP contribution is -2.47. The second-order valence-corrected chi connectivity index (χ2v) is 9.41. The topological polar surface area (TPSA) is 71.0 Å². The number of piperidine rings is 1. The minimum atomic E-state index is -0.443. The fourth-order valence-corrected chi connectivity index (χ4v) is 5.20. The molecule has 1 aromatic carbocycles. The number of carbonyl (C=O) groups excluding carboxylic acids is 1. The lowest BCUT2D eigenvalue weighted by atomic mass is 9.91. The molecule has 5 rings (SSSR count). The van der Waals surface area contributed by atoms with Crippen LogP contribution in [0.1, 0.15) is 39.0 Å². The largest absolute Gasteiger partial charge is 0.494 e. The van der Waals surface area contributed by atoms with Gasteiger partial charge in [-0.3, -0.25) is 9.88 Å². The Morgan fingerprint density at radius 1 is 1.15 bits per heavy atom. The Bertz CT molecular complexity index is 931. The van der Waals surface area contributed by atoms with Crippen LogP contribution in [-0.4, -0.2) is 71.9 Å². The lowest BCUT2D eigenvalue weighted by molar-refractivity contribution is 0.0367. The molecule has 0 aliphatic carbocycles. The summed E-state index contributed by atoms with van der Waals surface area (Å²) in [7, 11) is 0. The van der Waals surface area contributed by atoms with Crippen molar-refractivity contribution in [1.29, 1.82) is 0 Å². The predicted molar refractivity (Wildman–Crippen MR) is 127 cm³/mol. The normalized spacial score (nSPS) is 22.7. The van der Waals surface area contributed by atoms with Gasteiger partial charge in [0.15, 0.2) is 5.82 Å². The summed E-state index contributed by atoms with van der Waals surface area (Å²) >= 11 is 0. The maximum atomic E-state index is 12.4. The fraction of sp³-hybridized carbons (Fsp3) is 0.560. The Hall–Kier alpha value is -2.87. The number of carbonyl (C=O) groups is 1. The van der Waals surface area contributed by atoms with Crippen LogP contribution in [0.3, 0.4) is 0 Å². The van der Waals surface area contributed by atoms with Crippen molar-refractivity contribution in [3.05, 3.63) is 42.9 Å². The van der Waals surface area contributed by atoms with E-state index in [0.29, 0.717) is 12.4 Å². The molecule has 2 aromatic rings. The number of benzene rings is 1. The summed E-state index contributed by atoms with van der Waals surface area (Å²) in [6.07, 6.45) is 9.76. The minimum absolute atomic E-state index is 0.329. The van der Waals surface area contributed by atoms with Crippen LogP contribution in [0.4, 0.5) is 16.3 Å². The van der Waals surface area contributed by atoms with E-state index in [4.69, 9.17) is 9.47 Å². The van der Waals surface area contributed by atoms with Crippen LogP contribution in [0.15, 0.2) is 42.9 Å². The van der Waals surface area contributed by atoms with E-state index in [2.05, 4.69) is 51.0 Å². The SMILES string of the molecule is C[C@@H]1CCCN1CCCOc1ccc(N2CCC3(CC2)CN(c2cnccn2)C(=O)O3)cc1. The zero-order valence-electron chi connectivity index (χ0n) is 19.4. The van der Waals surface area contributed by atoms with E-state index in [1.54, 1.807) is 23.5 Å². The van der Waals surface area contributed by atoms with Gasteiger partial charge in [0.2, 0.25) is 0 Å². The molecule has 3 saturated heterocycles. The van der Waals surface area contributed by atoms with Crippen LogP contribution in [0, 0.1) is 0 Å². The Kier molecular flexibility index (Phi) is 6.35. The molecule has 1 spiro atoms. The zero-order valence-corrected chi connectivity index (χ0v) is 19.4. The summed E-state index contributed by atoms with van der Waals surface area (Å²) in [4.78, 5) is 27.3. The number of ether oxygens (including phenoxy) is 2. The number of nitrogens with zero attached hydrogens (tertiary/aromatic N) is 5. The van der Waals surface area contributed by atoms with Crippen LogP contribution in [0.25, 0.3) is 0 Å². The minimum Gasteiger partial charge on any atom is -0.494 e. The third kappa shape index (κ3) is 4.90. The molecule has 3 aliphatic rings. The highest BCUT2D eigenvalue weighted by atomic mass is 16.6. The number of rotatable bonds is 7. The van der Waals surface area contributed by atoms with Gasteiger partial charge < -0.3 is 19.3 Å². The number of aromatic nitrogens is 2. The van der Waals surface area contributed by atoms with Gasteiger partial charge >= 0.3 is 6.09 Å². The summed E-state index contributed by atoms with van der Waals surface area (Å²) < 4.78 is 11.8. The second-order valence-electron chi connectivity index (χ2n) is 9.41. The molecule has 0 saturated carbocycles. The van der Waals surface area contributed by atoms with Gasteiger partial charge in [-0.05, 0) is 57.0 Å². The van der Waals surface area contributed by atoms with E-state index in [-0.39, 0.29) is 6.09 Å². The van der Waals surface area contributed by atoms with E-state index in [1.165, 1.54) is 25.1 Å². The fourth-order valence-electron chi connectivity index (χ4n) is 5.20. The predicted octanol–water partition coefficient (Wildman–Crippen LogP) is 3.73. The monoisotopic (exact) mass is 451 g/mol. The second kappa shape index (κ2) is 9.55. The van der Waals surface area contributed by atoms with Crippen molar-refractivity contribution in [2.75, 3.05) is 49.1 Å². The Morgan fingerprint density at radius 2 is 1.97 bits per heavy atom. The first-order chi connectivity index (χ1) is 16.1. The molecule has 0 N–H and O–H groups in total. The quantitative estimate of drug-likeness (QED) is 0.594. The summed E-state index contributed by atoms with van der Waals surface area (Å²) in [5.41, 5.74) is 0.735. The molecule has 4 heterocycles. The summed E-state index contributed by atoms with van der Waals surface area (Å²) in [5.74, 6) is 1.47. The highest BCUT2D eigenvalue weighted by molar-refractivity contribution is 5.89. The highest BCUT2D eigenvalue weighted by Crippen LogP contribution is 2.36. The van der Waals surface area contributed by atoms with Crippen LogP contribution in [0.2, 0.25) is 0 Å². The maximum absolute atomic E-state index is 12.4. The average Bonchev–Trinajstić information content (AvgIpc) is 3.40. The third-order valence-electron chi connectivity index (χ3n) is 7.22. The number of hydrogen-bond acceptors (Lipinski definition) is 7. The summed E-state index contributed by atoms with van der Waals surface area (Å²) in [6, 6.07) is 9.09. The van der Waals surface area contributed by atoms with Crippen molar-refractivity contribution < 1.29 is 14.3 Å². The van der Waals surface area contributed by atoms with Crippen molar-refractivity contribution >= 4 is 17.6 Å². The van der Waals surface area contributed by atoms with Gasteiger partial charge in [0.1, 0.15) is 11.4 Å². The number of hydrogen-bond donors (Lipinski definition) is 0. The summed E-state index contributed by atoms with van der Waals surface area (Å²) in [6.45, 7) is 7.63. The molecule has 33 heavy (non-hydrogen) atoms. The van der Waals surface area contributed by atoms with Crippen molar-refractivity contribution in [2.24, 2.45) is 0 Å².